The van der Waals surface area contributed by atoms with E-state index in [2.05, 4.69) is 21.2 Å². The normalized spacial score (nSPS) is 12.7. The molecular weight excluding hydrogens is 378 g/mol. The Bertz CT molecular complexity index is 784. The Morgan fingerprint density at radius 3 is 2.22 bits per heavy atom. The predicted octanol–water partition coefficient (Wildman–Crippen LogP) is 3.41. The molecule has 0 heterocycles. The van der Waals surface area contributed by atoms with Crippen molar-refractivity contribution in [1.29, 1.82) is 0 Å². The fraction of sp³-hybridized carbons (Fsp3) is 0.235. The molecule has 0 aliphatic carbocycles. The summed E-state index contributed by atoms with van der Waals surface area (Å²) in [6.45, 7) is 3.70. The minimum atomic E-state index is -3.63. The number of carbonyl (C=O) groups excluding carboxylic acids is 1. The van der Waals surface area contributed by atoms with Crippen LogP contribution < -0.4 is 5.32 Å². The lowest BCUT2D eigenvalue weighted by Gasteiger charge is -2.14. The zero-order chi connectivity index (χ0) is 17.0. The highest BCUT2D eigenvalue weighted by Crippen LogP contribution is 2.17. The Hall–Kier alpha value is -1.66. The summed E-state index contributed by atoms with van der Waals surface area (Å²) in [6, 6.07) is 13.7. The Morgan fingerprint density at radius 2 is 1.65 bits per heavy atom. The van der Waals surface area contributed by atoms with E-state index in [1.54, 1.807) is 12.1 Å². The van der Waals surface area contributed by atoms with E-state index in [-0.39, 0.29) is 10.9 Å². The number of halogens is 1. The van der Waals surface area contributed by atoms with Gasteiger partial charge in [-0.3, -0.25) is 4.79 Å². The van der Waals surface area contributed by atoms with Crippen molar-refractivity contribution in [1.82, 2.24) is 5.32 Å². The summed E-state index contributed by atoms with van der Waals surface area (Å²) in [5.41, 5.74) is 1.88. The summed E-state index contributed by atoms with van der Waals surface area (Å²) < 4.78 is 25.4. The SMILES string of the molecule is Cc1ccc(S(=O)(=O)CC(=O)NC(C)c2ccc(Br)cc2)cc1. The molecule has 23 heavy (non-hydrogen) atoms. The van der Waals surface area contributed by atoms with Crippen LogP contribution in [-0.2, 0) is 14.6 Å². The largest absolute Gasteiger partial charge is 0.349 e. The summed E-state index contributed by atoms with van der Waals surface area (Å²) in [6.07, 6.45) is 0. The molecule has 1 N–H and O–H groups in total. The minimum Gasteiger partial charge on any atom is -0.349 e. The molecule has 2 aromatic rings. The Morgan fingerprint density at radius 1 is 1.09 bits per heavy atom. The van der Waals surface area contributed by atoms with Gasteiger partial charge in [-0.1, -0.05) is 45.8 Å². The van der Waals surface area contributed by atoms with E-state index < -0.39 is 21.5 Å². The molecule has 1 atom stereocenters. The molecule has 4 nitrogen and oxygen atoms in total. The molecule has 2 rings (SSSR count). The first kappa shape index (κ1) is 17.7. The van der Waals surface area contributed by atoms with Gasteiger partial charge in [-0.25, -0.2) is 8.42 Å². The number of hydrogen-bond acceptors (Lipinski definition) is 3. The maximum atomic E-state index is 12.2. The molecule has 0 saturated carbocycles. The molecule has 0 fully saturated rings. The molecule has 1 unspecified atom stereocenters. The molecule has 6 heteroatoms. The molecule has 0 aliphatic heterocycles. The summed E-state index contributed by atoms with van der Waals surface area (Å²) in [5, 5.41) is 2.72. The third kappa shape index (κ3) is 4.91. The lowest BCUT2D eigenvalue weighted by Crippen LogP contribution is -2.32. The van der Waals surface area contributed by atoms with Crippen molar-refractivity contribution in [3.8, 4) is 0 Å². The second kappa shape index (κ2) is 7.27. The van der Waals surface area contributed by atoms with Gasteiger partial charge >= 0.3 is 0 Å². The first-order chi connectivity index (χ1) is 10.8. The molecule has 2 aromatic carbocycles. The van der Waals surface area contributed by atoms with Gasteiger partial charge in [-0.15, -0.1) is 0 Å². The van der Waals surface area contributed by atoms with Crippen molar-refractivity contribution in [2.24, 2.45) is 0 Å². The molecule has 0 bridgehead atoms. The number of carbonyl (C=O) groups is 1. The minimum absolute atomic E-state index is 0.162. The van der Waals surface area contributed by atoms with E-state index in [1.807, 2.05) is 38.1 Å². The summed E-state index contributed by atoms with van der Waals surface area (Å²) >= 11 is 3.35. The standard InChI is InChI=1S/C17H18BrNO3S/c1-12-3-9-16(10-4-12)23(21,22)11-17(20)19-13(2)14-5-7-15(18)8-6-14/h3-10,13H,11H2,1-2H3,(H,19,20). The van der Waals surface area contributed by atoms with Gasteiger partial charge in [-0.2, -0.15) is 0 Å². The van der Waals surface area contributed by atoms with E-state index in [1.165, 1.54) is 12.1 Å². The number of hydrogen-bond donors (Lipinski definition) is 1. The smallest absolute Gasteiger partial charge is 0.236 e. The number of benzene rings is 2. The van der Waals surface area contributed by atoms with Crippen molar-refractivity contribution < 1.29 is 13.2 Å². The van der Waals surface area contributed by atoms with Gasteiger partial charge in [0, 0.05) is 4.47 Å². The average Bonchev–Trinajstić information content (AvgIpc) is 2.47. The molecule has 122 valence electrons. The van der Waals surface area contributed by atoms with Crippen LogP contribution in [0.4, 0.5) is 0 Å². The molecule has 0 aliphatic rings. The first-order valence-electron chi connectivity index (χ1n) is 7.12. The maximum absolute atomic E-state index is 12.2. The predicted molar refractivity (Wildman–Crippen MR) is 93.9 cm³/mol. The van der Waals surface area contributed by atoms with Gasteiger partial charge in [0.05, 0.1) is 10.9 Å². The fourth-order valence-corrected chi connectivity index (χ4v) is 3.53. The fourth-order valence-electron chi connectivity index (χ4n) is 2.12. The van der Waals surface area contributed by atoms with Crippen LogP contribution in [0.1, 0.15) is 24.1 Å². The Kier molecular flexibility index (Phi) is 5.59. The monoisotopic (exact) mass is 395 g/mol. The van der Waals surface area contributed by atoms with Crippen molar-refractivity contribution in [3.63, 3.8) is 0 Å². The number of amides is 1. The second-order valence-corrected chi connectivity index (χ2v) is 8.32. The van der Waals surface area contributed by atoms with Crippen LogP contribution in [0.5, 0.6) is 0 Å². The van der Waals surface area contributed by atoms with Crippen LogP contribution in [0.2, 0.25) is 0 Å². The van der Waals surface area contributed by atoms with Gasteiger partial charge < -0.3 is 5.32 Å². The molecular formula is C17H18BrNO3S. The van der Waals surface area contributed by atoms with E-state index in [0.717, 1.165) is 15.6 Å². The van der Waals surface area contributed by atoms with Gasteiger partial charge in [0.15, 0.2) is 9.84 Å². The van der Waals surface area contributed by atoms with Crippen molar-refractivity contribution in [2.45, 2.75) is 24.8 Å². The van der Waals surface area contributed by atoms with Crippen LogP contribution in [0.25, 0.3) is 0 Å². The summed E-state index contributed by atoms with van der Waals surface area (Å²) in [5.74, 6) is -1.07. The van der Waals surface area contributed by atoms with E-state index >= 15 is 0 Å². The third-order valence-corrected chi connectivity index (χ3v) is 5.61. The van der Waals surface area contributed by atoms with Crippen LogP contribution in [0.15, 0.2) is 57.9 Å². The highest BCUT2D eigenvalue weighted by Gasteiger charge is 2.20. The lowest BCUT2D eigenvalue weighted by molar-refractivity contribution is -0.119. The van der Waals surface area contributed by atoms with Gasteiger partial charge in [0.2, 0.25) is 5.91 Å². The summed E-state index contributed by atoms with van der Waals surface area (Å²) in [7, 11) is -3.63. The lowest BCUT2D eigenvalue weighted by atomic mass is 10.1. The molecule has 0 spiro atoms. The number of rotatable bonds is 5. The van der Waals surface area contributed by atoms with Crippen molar-refractivity contribution >= 4 is 31.7 Å². The number of sulfone groups is 1. The second-order valence-electron chi connectivity index (χ2n) is 5.41. The zero-order valence-corrected chi connectivity index (χ0v) is 15.3. The number of aryl methyl sites for hydroxylation is 1. The van der Waals surface area contributed by atoms with E-state index in [0.29, 0.717) is 0 Å². The van der Waals surface area contributed by atoms with Crippen molar-refractivity contribution in [2.75, 3.05) is 5.75 Å². The molecule has 0 aromatic heterocycles. The Balaban J connectivity index is 2.03. The van der Waals surface area contributed by atoms with Crippen LogP contribution in [0, 0.1) is 6.92 Å². The highest BCUT2D eigenvalue weighted by molar-refractivity contribution is 9.10. The zero-order valence-electron chi connectivity index (χ0n) is 12.9. The van der Waals surface area contributed by atoms with Gasteiger partial charge in [-0.05, 0) is 43.7 Å². The van der Waals surface area contributed by atoms with Crippen LogP contribution >= 0.6 is 15.9 Å². The quantitative estimate of drug-likeness (QED) is 0.843. The molecule has 0 saturated heterocycles. The number of nitrogens with one attached hydrogen (secondary N) is 1. The van der Waals surface area contributed by atoms with E-state index in [9.17, 15) is 13.2 Å². The molecule has 1 amide bonds. The van der Waals surface area contributed by atoms with Crippen molar-refractivity contribution in [3.05, 3.63) is 64.1 Å². The third-order valence-electron chi connectivity index (χ3n) is 3.45. The Labute approximate surface area is 145 Å². The van der Waals surface area contributed by atoms with E-state index in [4.69, 9.17) is 0 Å². The summed E-state index contributed by atoms with van der Waals surface area (Å²) in [4.78, 5) is 12.2. The van der Waals surface area contributed by atoms with Crippen LogP contribution in [-0.4, -0.2) is 20.1 Å². The highest BCUT2D eigenvalue weighted by atomic mass is 79.9. The first-order valence-corrected chi connectivity index (χ1v) is 9.57. The average molecular weight is 396 g/mol. The van der Waals surface area contributed by atoms with Gasteiger partial charge in [0.1, 0.15) is 5.75 Å². The van der Waals surface area contributed by atoms with Crippen LogP contribution in [0.3, 0.4) is 0 Å². The van der Waals surface area contributed by atoms with Gasteiger partial charge in [0.25, 0.3) is 0 Å². The maximum Gasteiger partial charge on any atom is 0.236 e. The molecule has 0 radical (unpaired) electrons. The topological polar surface area (TPSA) is 63.2 Å².